The number of aromatic nitrogens is 1. The molecule has 1 aromatic rings. The first-order chi connectivity index (χ1) is 11.3. The molecule has 0 radical (unpaired) electrons. The smallest absolute Gasteiger partial charge is 0.192 e. The van der Waals surface area contributed by atoms with E-state index in [4.69, 9.17) is 10.8 Å². The lowest BCUT2D eigenvalue weighted by Crippen LogP contribution is -2.44. The van der Waals surface area contributed by atoms with Crippen LogP contribution in [-0.2, 0) is 15.4 Å². The van der Waals surface area contributed by atoms with Gasteiger partial charge in [0.15, 0.2) is 8.32 Å². The highest BCUT2D eigenvalue weighted by Crippen LogP contribution is 2.37. The lowest BCUT2D eigenvalue weighted by Gasteiger charge is -2.37. The Morgan fingerprint density at radius 3 is 2.28 bits per heavy atom. The summed E-state index contributed by atoms with van der Waals surface area (Å²) in [7, 11) is -3.13. The van der Waals surface area contributed by atoms with E-state index in [-0.39, 0.29) is 15.8 Å². The van der Waals surface area contributed by atoms with Crippen molar-refractivity contribution < 1.29 is 8.63 Å². The van der Waals surface area contributed by atoms with E-state index < -0.39 is 19.3 Å². The van der Waals surface area contributed by atoms with E-state index in [1.807, 2.05) is 32.9 Å². The molecule has 0 bridgehead atoms. The van der Waals surface area contributed by atoms with E-state index >= 15 is 0 Å². The molecule has 1 N–H and O–H groups in total. The number of hydrogen-bond acceptors (Lipinski definition) is 3. The van der Waals surface area contributed by atoms with Crippen LogP contribution in [0.4, 0.5) is 0 Å². The molecule has 0 aromatic carbocycles. The van der Waals surface area contributed by atoms with E-state index in [1.165, 1.54) is 0 Å². The molecule has 1 unspecified atom stereocenters. The van der Waals surface area contributed by atoms with E-state index in [2.05, 4.69) is 49.5 Å². The third kappa shape index (κ3) is 6.34. The molecule has 6 heteroatoms. The molecule has 0 saturated heterocycles. The molecule has 0 fully saturated rings. The molecule has 0 spiro atoms. The largest absolute Gasteiger partial charge is 0.415 e. The zero-order valence-electron chi connectivity index (χ0n) is 16.8. The van der Waals surface area contributed by atoms with Gasteiger partial charge in [0.1, 0.15) is 0 Å². The first-order valence-electron chi connectivity index (χ1n) is 8.52. The first-order valence-corrected chi connectivity index (χ1v) is 12.6. The molecule has 0 aliphatic carbocycles. The zero-order valence-corrected chi connectivity index (χ0v) is 18.6. The van der Waals surface area contributed by atoms with Gasteiger partial charge in [0, 0.05) is 11.8 Å². The van der Waals surface area contributed by atoms with Crippen LogP contribution in [0.2, 0.25) is 18.1 Å². The van der Waals surface area contributed by atoms with Gasteiger partial charge in [-0.3, -0.25) is 4.98 Å². The molecular formula is C19H32N2O2SSi. The van der Waals surface area contributed by atoms with Crippen LogP contribution in [-0.4, -0.2) is 28.9 Å². The van der Waals surface area contributed by atoms with Crippen LogP contribution in [0.3, 0.4) is 0 Å². The lowest BCUT2D eigenvalue weighted by atomic mass is 10.2. The number of nitrogens with one attached hydrogen (secondary N) is 1. The third-order valence-corrected chi connectivity index (χ3v) is 10.6. The molecule has 1 rings (SSSR count). The Labute approximate surface area is 156 Å². The van der Waals surface area contributed by atoms with Gasteiger partial charge in [0.05, 0.1) is 34.1 Å². The molecule has 0 aliphatic heterocycles. The van der Waals surface area contributed by atoms with Crippen molar-refractivity contribution in [1.82, 2.24) is 9.71 Å². The predicted molar refractivity (Wildman–Crippen MR) is 109 cm³/mol. The van der Waals surface area contributed by atoms with Gasteiger partial charge in [-0.05, 0) is 51.0 Å². The molecule has 2 atom stereocenters. The van der Waals surface area contributed by atoms with Crippen LogP contribution >= 0.6 is 0 Å². The van der Waals surface area contributed by atoms with E-state index in [1.54, 1.807) is 6.20 Å². The standard InChI is InChI=1S/C19H32N2O2SSi/c1-10-15-11-12-16(20-13-15)17(21-24(22)18(2,3)4)14-23-25(8,9)19(5,6)7/h1,11-13,17,21H,14H2,2-9H3/t17-,24?/m0/s1. The van der Waals surface area contributed by atoms with Gasteiger partial charge >= 0.3 is 0 Å². The monoisotopic (exact) mass is 380 g/mol. The van der Waals surface area contributed by atoms with Crippen molar-refractivity contribution in [2.24, 2.45) is 0 Å². The number of terminal acetylenes is 1. The van der Waals surface area contributed by atoms with Crippen molar-refractivity contribution in [2.45, 2.75) is 70.5 Å². The fourth-order valence-corrected chi connectivity index (χ4v) is 3.51. The summed E-state index contributed by atoms with van der Waals surface area (Å²) in [5, 5.41) is 0.113. The van der Waals surface area contributed by atoms with Gasteiger partial charge in [-0.2, -0.15) is 0 Å². The van der Waals surface area contributed by atoms with Crippen LogP contribution in [0.5, 0.6) is 0 Å². The summed E-state index contributed by atoms with van der Waals surface area (Å²) in [6.07, 6.45) is 7.07. The highest BCUT2D eigenvalue weighted by molar-refractivity contribution is 7.84. The molecule has 25 heavy (non-hydrogen) atoms. The third-order valence-electron chi connectivity index (χ3n) is 4.53. The Morgan fingerprint density at radius 2 is 1.88 bits per heavy atom. The summed E-state index contributed by atoms with van der Waals surface area (Å²) >= 11 is 0. The molecule has 0 saturated carbocycles. The average Bonchev–Trinajstić information content (AvgIpc) is 2.49. The van der Waals surface area contributed by atoms with Gasteiger partial charge in [0.25, 0.3) is 0 Å². The second kappa shape index (κ2) is 8.13. The SMILES string of the molecule is C#Cc1ccc([C@H](CO[Si](C)(C)C(C)(C)C)NS(=O)C(C)(C)C)nc1. The summed E-state index contributed by atoms with van der Waals surface area (Å²) in [6.45, 7) is 17.3. The fourth-order valence-electron chi connectivity index (χ4n) is 1.69. The highest BCUT2D eigenvalue weighted by Gasteiger charge is 2.38. The second-order valence-corrected chi connectivity index (χ2v) is 15.5. The van der Waals surface area contributed by atoms with Crippen molar-refractivity contribution in [1.29, 1.82) is 0 Å². The second-order valence-electron chi connectivity index (χ2n) is 8.74. The summed E-state index contributed by atoms with van der Waals surface area (Å²) in [6, 6.07) is 3.48. The van der Waals surface area contributed by atoms with Gasteiger partial charge in [-0.25, -0.2) is 8.93 Å². The summed E-state index contributed by atoms with van der Waals surface area (Å²) in [5.41, 5.74) is 1.51. The minimum atomic E-state index is -1.91. The molecule has 4 nitrogen and oxygen atoms in total. The van der Waals surface area contributed by atoms with Crippen molar-refractivity contribution in [2.75, 3.05) is 6.61 Å². The molecule has 0 amide bonds. The zero-order chi connectivity index (χ0) is 19.5. The highest BCUT2D eigenvalue weighted by atomic mass is 32.2. The maximum Gasteiger partial charge on any atom is 0.192 e. The Hall–Kier alpha value is -1.00. The van der Waals surface area contributed by atoms with Crippen LogP contribution in [0.1, 0.15) is 58.8 Å². The fraction of sp³-hybridized carbons (Fsp3) is 0.632. The first kappa shape index (κ1) is 22.0. The van der Waals surface area contributed by atoms with Crippen molar-refractivity contribution >= 4 is 19.3 Å². The summed E-state index contributed by atoms with van der Waals surface area (Å²) in [4.78, 5) is 4.44. The summed E-state index contributed by atoms with van der Waals surface area (Å²) in [5.74, 6) is 2.57. The topological polar surface area (TPSA) is 51.2 Å². The molecule has 1 heterocycles. The van der Waals surface area contributed by atoms with Crippen LogP contribution in [0.15, 0.2) is 18.3 Å². The Bertz CT molecular complexity index is 637. The van der Waals surface area contributed by atoms with Gasteiger partial charge < -0.3 is 4.43 Å². The maximum atomic E-state index is 12.6. The van der Waals surface area contributed by atoms with Gasteiger partial charge in [-0.15, -0.1) is 6.42 Å². The van der Waals surface area contributed by atoms with Crippen LogP contribution < -0.4 is 4.72 Å². The van der Waals surface area contributed by atoms with Crippen molar-refractivity contribution in [3.05, 3.63) is 29.6 Å². The van der Waals surface area contributed by atoms with Crippen LogP contribution in [0, 0.1) is 12.3 Å². The normalized spacial score (nSPS) is 15.5. The number of nitrogens with zero attached hydrogens (tertiary/aromatic N) is 1. The van der Waals surface area contributed by atoms with E-state index in [0.717, 1.165) is 11.3 Å². The number of hydrogen-bond donors (Lipinski definition) is 1. The van der Waals surface area contributed by atoms with Gasteiger partial charge in [0.2, 0.25) is 0 Å². The number of rotatable bonds is 6. The minimum Gasteiger partial charge on any atom is -0.415 e. The Balaban J connectivity index is 3.03. The maximum absolute atomic E-state index is 12.6. The Kier molecular flexibility index (Phi) is 7.17. The minimum absolute atomic E-state index is 0.113. The Morgan fingerprint density at radius 1 is 1.28 bits per heavy atom. The number of pyridine rings is 1. The lowest BCUT2D eigenvalue weighted by molar-refractivity contribution is 0.255. The van der Waals surface area contributed by atoms with Crippen molar-refractivity contribution in [3.63, 3.8) is 0 Å². The van der Waals surface area contributed by atoms with Gasteiger partial charge in [-0.1, -0.05) is 26.7 Å². The van der Waals surface area contributed by atoms with E-state index in [9.17, 15) is 4.21 Å². The van der Waals surface area contributed by atoms with Crippen molar-refractivity contribution in [3.8, 4) is 12.3 Å². The summed E-state index contributed by atoms with van der Waals surface area (Å²) < 4.78 is 21.8. The molecule has 1 aromatic heterocycles. The van der Waals surface area contributed by atoms with E-state index in [0.29, 0.717) is 6.61 Å². The van der Waals surface area contributed by atoms with Crippen LogP contribution in [0.25, 0.3) is 0 Å². The molecule has 0 aliphatic rings. The predicted octanol–water partition coefficient (Wildman–Crippen LogP) is 4.18. The quantitative estimate of drug-likeness (QED) is 0.595. The molecule has 140 valence electrons. The molecular weight excluding hydrogens is 348 g/mol. The average molecular weight is 381 g/mol.